The number of aliphatic hydroxyl groups is 1. The Bertz CT molecular complexity index is 671. The molecule has 5 nitrogen and oxygen atoms in total. The third-order valence-electron chi connectivity index (χ3n) is 3.77. The van der Waals surface area contributed by atoms with Crippen LogP contribution in [0.5, 0.6) is 0 Å². The molecule has 2 aromatic rings. The van der Waals surface area contributed by atoms with Crippen LogP contribution in [0.4, 0.5) is 0 Å². The summed E-state index contributed by atoms with van der Waals surface area (Å²) >= 11 is 0. The van der Waals surface area contributed by atoms with E-state index >= 15 is 0 Å². The van der Waals surface area contributed by atoms with E-state index in [9.17, 15) is 5.11 Å². The number of nitriles is 1. The lowest BCUT2D eigenvalue weighted by atomic mass is 10.1. The number of nitrogens with zero attached hydrogens (tertiary/aromatic N) is 4. The lowest BCUT2D eigenvalue weighted by Gasteiger charge is -2.19. The summed E-state index contributed by atoms with van der Waals surface area (Å²) in [6.07, 6.45) is 1.04. The van der Waals surface area contributed by atoms with E-state index in [0.29, 0.717) is 5.56 Å². The van der Waals surface area contributed by atoms with Crippen molar-refractivity contribution in [3.8, 4) is 6.07 Å². The predicted octanol–water partition coefficient (Wildman–Crippen LogP) is 1.65. The highest BCUT2D eigenvalue weighted by atomic mass is 16.3. The van der Waals surface area contributed by atoms with Gasteiger partial charge in [-0.25, -0.2) is 0 Å². The molecule has 0 aliphatic carbocycles. The molecule has 0 unspecified atom stereocenters. The summed E-state index contributed by atoms with van der Waals surface area (Å²) in [5, 5.41) is 22.6. The number of rotatable bonds is 3. The van der Waals surface area contributed by atoms with Crippen molar-refractivity contribution in [2.45, 2.75) is 32.7 Å². The zero-order valence-corrected chi connectivity index (χ0v) is 11.9. The highest BCUT2D eigenvalue weighted by molar-refractivity contribution is 5.32. The first kappa shape index (κ1) is 13.8. The molecule has 108 valence electrons. The molecule has 0 amide bonds. The Morgan fingerprint density at radius 2 is 2.19 bits per heavy atom. The summed E-state index contributed by atoms with van der Waals surface area (Å²) in [6, 6.07) is 11.9. The van der Waals surface area contributed by atoms with Crippen molar-refractivity contribution < 1.29 is 5.11 Å². The van der Waals surface area contributed by atoms with Crippen LogP contribution in [0.1, 0.15) is 28.9 Å². The van der Waals surface area contributed by atoms with Crippen molar-refractivity contribution >= 4 is 0 Å². The van der Waals surface area contributed by atoms with E-state index in [1.165, 1.54) is 0 Å². The van der Waals surface area contributed by atoms with Gasteiger partial charge in [0, 0.05) is 26.2 Å². The van der Waals surface area contributed by atoms with Crippen LogP contribution in [-0.4, -0.2) is 26.3 Å². The molecule has 0 atom stereocenters. The van der Waals surface area contributed by atoms with Crippen LogP contribution in [0.15, 0.2) is 30.3 Å². The molecule has 21 heavy (non-hydrogen) atoms. The largest absolute Gasteiger partial charge is 0.390 e. The Balaban J connectivity index is 1.75. The normalized spacial score (nSPS) is 15.2. The fourth-order valence-corrected chi connectivity index (χ4v) is 2.80. The molecule has 0 saturated heterocycles. The Hall–Kier alpha value is -2.16. The van der Waals surface area contributed by atoms with Crippen LogP contribution in [0.3, 0.4) is 0 Å². The van der Waals surface area contributed by atoms with Crippen molar-refractivity contribution in [3.05, 3.63) is 52.8 Å². The molecule has 0 bridgehead atoms. The number of fused-ring (bicyclic) bond motifs is 1. The average molecular weight is 282 g/mol. The van der Waals surface area contributed by atoms with Gasteiger partial charge in [-0.2, -0.15) is 10.4 Å². The molecular weight excluding hydrogens is 264 g/mol. The minimum atomic E-state index is -0.00971. The number of hydrogen-bond acceptors (Lipinski definition) is 4. The lowest BCUT2D eigenvalue weighted by molar-refractivity contribution is 0.260. The Morgan fingerprint density at radius 1 is 1.29 bits per heavy atom. The fourth-order valence-electron chi connectivity index (χ4n) is 2.80. The summed E-state index contributed by atoms with van der Waals surface area (Å²) in [5.74, 6) is 0. The van der Waals surface area contributed by atoms with Crippen molar-refractivity contribution in [1.29, 1.82) is 5.26 Å². The van der Waals surface area contributed by atoms with Crippen molar-refractivity contribution in [3.63, 3.8) is 0 Å². The average Bonchev–Trinajstić information content (AvgIpc) is 2.80. The van der Waals surface area contributed by atoms with E-state index in [-0.39, 0.29) is 6.61 Å². The third-order valence-corrected chi connectivity index (χ3v) is 3.77. The van der Waals surface area contributed by atoms with Gasteiger partial charge in [0.15, 0.2) is 0 Å². The van der Waals surface area contributed by atoms with Crippen molar-refractivity contribution in [1.82, 2.24) is 14.7 Å². The Morgan fingerprint density at radius 3 is 3.00 bits per heavy atom. The maximum atomic E-state index is 9.20. The monoisotopic (exact) mass is 282 g/mol. The smallest absolute Gasteiger partial charge is 0.0991 e. The maximum absolute atomic E-state index is 9.20. The van der Waals surface area contributed by atoms with Gasteiger partial charge in [-0.3, -0.25) is 9.58 Å². The lowest BCUT2D eigenvalue weighted by Crippen LogP contribution is -2.22. The summed E-state index contributed by atoms with van der Waals surface area (Å²) in [7, 11) is 0. The van der Waals surface area contributed by atoms with Crippen LogP contribution >= 0.6 is 0 Å². The van der Waals surface area contributed by atoms with Gasteiger partial charge in [0.25, 0.3) is 0 Å². The summed E-state index contributed by atoms with van der Waals surface area (Å²) < 4.78 is 2.00. The highest BCUT2D eigenvalue weighted by Crippen LogP contribution is 2.17. The van der Waals surface area contributed by atoms with Gasteiger partial charge in [-0.15, -0.1) is 0 Å². The van der Waals surface area contributed by atoms with Crippen LogP contribution in [0, 0.1) is 11.3 Å². The van der Waals surface area contributed by atoms with Crippen LogP contribution in [-0.2, 0) is 26.2 Å². The SMILES string of the molecule is N#Cc1cccc(CN2CCCn3nc(CO)cc3C2)c1. The van der Waals surface area contributed by atoms with Gasteiger partial charge in [0.2, 0.25) is 0 Å². The molecule has 2 heterocycles. The predicted molar refractivity (Wildman–Crippen MR) is 78.0 cm³/mol. The fraction of sp³-hybridized carbons (Fsp3) is 0.375. The summed E-state index contributed by atoms with van der Waals surface area (Å²) in [6.45, 7) is 3.54. The zero-order chi connectivity index (χ0) is 14.7. The first-order valence-electron chi connectivity index (χ1n) is 7.16. The second kappa shape index (κ2) is 6.08. The van der Waals surface area contributed by atoms with Gasteiger partial charge >= 0.3 is 0 Å². The summed E-state index contributed by atoms with van der Waals surface area (Å²) in [5.41, 5.74) is 3.74. The molecule has 0 fully saturated rings. The number of hydrogen-bond donors (Lipinski definition) is 1. The van der Waals surface area contributed by atoms with Crippen LogP contribution in [0.2, 0.25) is 0 Å². The van der Waals surface area contributed by atoms with E-state index in [0.717, 1.165) is 49.6 Å². The number of benzene rings is 1. The number of aryl methyl sites for hydroxylation is 1. The first-order valence-corrected chi connectivity index (χ1v) is 7.16. The van der Waals surface area contributed by atoms with Gasteiger partial charge < -0.3 is 5.11 Å². The zero-order valence-electron chi connectivity index (χ0n) is 11.9. The third kappa shape index (κ3) is 3.13. The maximum Gasteiger partial charge on any atom is 0.0991 e. The molecule has 1 aromatic carbocycles. The Kier molecular flexibility index (Phi) is 4.00. The molecule has 1 aliphatic rings. The first-order chi connectivity index (χ1) is 10.3. The Labute approximate surface area is 124 Å². The molecule has 0 saturated carbocycles. The molecule has 1 aliphatic heterocycles. The molecule has 5 heteroatoms. The van der Waals surface area contributed by atoms with E-state index in [1.54, 1.807) is 0 Å². The minimum Gasteiger partial charge on any atom is -0.390 e. The van der Waals surface area contributed by atoms with Gasteiger partial charge in [-0.1, -0.05) is 12.1 Å². The van der Waals surface area contributed by atoms with E-state index in [4.69, 9.17) is 5.26 Å². The standard InChI is InChI=1S/C16H18N4O/c17-9-13-3-1-4-14(7-13)10-19-5-2-6-20-16(11-19)8-15(12-21)18-20/h1,3-4,7-8,21H,2,5-6,10-12H2. The molecule has 1 N–H and O–H groups in total. The van der Waals surface area contributed by atoms with Crippen molar-refractivity contribution in [2.75, 3.05) is 6.54 Å². The highest BCUT2D eigenvalue weighted by Gasteiger charge is 2.16. The second-order valence-corrected chi connectivity index (χ2v) is 5.38. The van der Waals surface area contributed by atoms with Crippen LogP contribution < -0.4 is 0 Å². The van der Waals surface area contributed by atoms with Crippen molar-refractivity contribution in [2.24, 2.45) is 0 Å². The molecule has 3 rings (SSSR count). The number of aliphatic hydroxyl groups excluding tert-OH is 1. The van der Waals surface area contributed by atoms with E-state index < -0.39 is 0 Å². The van der Waals surface area contributed by atoms with E-state index in [1.807, 2.05) is 28.9 Å². The second-order valence-electron chi connectivity index (χ2n) is 5.38. The van der Waals surface area contributed by atoms with E-state index in [2.05, 4.69) is 22.1 Å². The topological polar surface area (TPSA) is 65.1 Å². The molecule has 0 radical (unpaired) electrons. The number of aromatic nitrogens is 2. The minimum absolute atomic E-state index is 0.00971. The molecule has 1 aromatic heterocycles. The van der Waals surface area contributed by atoms with Gasteiger partial charge in [0.1, 0.15) is 0 Å². The van der Waals surface area contributed by atoms with Gasteiger partial charge in [0.05, 0.1) is 29.6 Å². The molecule has 0 spiro atoms. The molecular formula is C16H18N4O. The van der Waals surface area contributed by atoms with Crippen LogP contribution in [0.25, 0.3) is 0 Å². The van der Waals surface area contributed by atoms with Gasteiger partial charge in [-0.05, 0) is 30.2 Å². The summed E-state index contributed by atoms with van der Waals surface area (Å²) in [4.78, 5) is 2.36. The quantitative estimate of drug-likeness (QED) is 0.929.